The lowest BCUT2D eigenvalue weighted by atomic mass is 10.2. The number of carbonyl (C=O) groups excluding carboxylic acids is 1. The molecule has 10 heteroatoms. The van der Waals surface area contributed by atoms with E-state index in [2.05, 4.69) is 25.7 Å². The summed E-state index contributed by atoms with van der Waals surface area (Å²) in [6, 6.07) is 8.29. The smallest absolute Gasteiger partial charge is 0.387 e. The van der Waals surface area contributed by atoms with Crippen LogP contribution in [0.2, 0.25) is 0 Å². The van der Waals surface area contributed by atoms with Crippen LogP contribution in [-0.4, -0.2) is 38.1 Å². The predicted octanol–water partition coefficient (Wildman–Crippen LogP) is 3.68. The molecule has 0 unspecified atom stereocenters. The summed E-state index contributed by atoms with van der Waals surface area (Å²) in [6.45, 7) is 2.73. The standard InChI is InChI=1S/C20H26F2N4O3.HI/c1-3-23-20(26-13-15-7-4-5-8-16(15)29-19(21)22)25-11-6-10-24-18(27)17-14(2)9-12-28-17;/h4-5,7-9,12,19H,3,6,10-11,13H2,1-2H3,(H,24,27)(H2,23,25,26);1H. The van der Waals surface area contributed by atoms with Crippen molar-refractivity contribution in [2.75, 3.05) is 19.6 Å². The fourth-order valence-electron chi connectivity index (χ4n) is 2.53. The number of aliphatic imine (C=N–C) groups is 1. The highest BCUT2D eigenvalue weighted by Gasteiger charge is 2.11. The normalized spacial score (nSPS) is 11.0. The number of para-hydroxylation sites is 1. The van der Waals surface area contributed by atoms with Crippen molar-refractivity contribution in [3.63, 3.8) is 0 Å². The lowest BCUT2D eigenvalue weighted by molar-refractivity contribution is -0.0504. The van der Waals surface area contributed by atoms with Crippen molar-refractivity contribution >= 4 is 35.8 Å². The molecule has 2 rings (SSSR count). The van der Waals surface area contributed by atoms with Gasteiger partial charge in [0, 0.05) is 30.8 Å². The molecule has 1 aromatic heterocycles. The lowest BCUT2D eigenvalue weighted by Gasteiger charge is -2.13. The summed E-state index contributed by atoms with van der Waals surface area (Å²) in [5.41, 5.74) is 1.35. The molecule has 3 N–H and O–H groups in total. The number of hydrogen-bond acceptors (Lipinski definition) is 4. The Morgan fingerprint density at radius 3 is 2.57 bits per heavy atom. The first kappa shape index (κ1) is 25.7. The quantitative estimate of drug-likeness (QED) is 0.187. The number of nitrogens with one attached hydrogen (secondary N) is 3. The number of hydrogen-bond donors (Lipinski definition) is 3. The zero-order valence-electron chi connectivity index (χ0n) is 16.9. The topological polar surface area (TPSA) is 87.9 Å². The van der Waals surface area contributed by atoms with Gasteiger partial charge in [-0.2, -0.15) is 8.78 Å². The van der Waals surface area contributed by atoms with Crippen LogP contribution in [0.4, 0.5) is 8.78 Å². The van der Waals surface area contributed by atoms with Gasteiger partial charge in [0.25, 0.3) is 5.91 Å². The second-order valence-electron chi connectivity index (χ2n) is 6.15. The van der Waals surface area contributed by atoms with Gasteiger partial charge in [-0.1, -0.05) is 18.2 Å². The number of ether oxygens (including phenoxy) is 1. The van der Waals surface area contributed by atoms with Crippen LogP contribution < -0.4 is 20.7 Å². The molecule has 0 saturated carbocycles. The van der Waals surface area contributed by atoms with E-state index < -0.39 is 6.61 Å². The number of amides is 1. The van der Waals surface area contributed by atoms with Gasteiger partial charge in [-0.25, -0.2) is 4.99 Å². The second kappa shape index (κ2) is 13.8. The average molecular weight is 536 g/mol. The second-order valence-corrected chi connectivity index (χ2v) is 6.15. The Morgan fingerprint density at radius 2 is 1.90 bits per heavy atom. The largest absolute Gasteiger partial charge is 0.459 e. The highest BCUT2D eigenvalue weighted by atomic mass is 127. The van der Waals surface area contributed by atoms with Gasteiger partial charge >= 0.3 is 6.61 Å². The number of alkyl halides is 2. The van der Waals surface area contributed by atoms with E-state index in [-0.39, 0.29) is 42.2 Å². The maximum atomic E-state index is 12.5. The Kier molecular flexibility index (Phi) is 11.8. The maximum absolute atomic E-state index is 12.5. The van der Waals surface area contributed by atoms with Crippen LogP contribution in [-0.2, 0) is 6.54 Å². The van der Waals surface area contributed by atoms with Crippen molar-refractivity contribution in [2.24, 2.45) is 4.99 Å². The van der Waals surface area contributed by atoms with Crippen molar-refractivity contribution in [1.29, 1.82) is 0 Å². The highest BCUT2D eigenvalue weighted by molar-refractivity contribution is 14.0. The highest BCUT2D eigenvalue weighted by Crippen LogP contribution is 2.20. The lowest BCUT2D eigenvalue weighted by Crippen LogP contribution is -2.38. The molecule has 2 aromatic rings. The van der Waals surface area contributed by atoms with Crippen LogP contribution in [0.5, 0.6) is 5.75 Å². The summed E-state index contributed by atoms with van der Waals surface area (Å²) in [4.78, 5) is 16.4. The van der Waals surface area contributed by atoms with Gasteiger partial charge in [0.2, 0.25) is 0 Å². The van der Waals surface area contributed by atoms with Crippen LogP contribution in [0.25, 0.3) is 0 Å². The van der Waals surface area contributed by atoms with Crippen LogP contribution >= 0.6 is 24.0 Å². The zero-order chi connectivity index (χ0) is 21.1. The minimum absolute atomic E-state index is 0. The van der Waals surface area contributed by atoms with Gasteiger partial charge in [0.05, 0.1) is 12.8 Å². The third kappa shape index (κ3) is 8.56. The van der Waals surface area contributed by atoms with Gasteiger partial charge in [-0.15, -0.1) is 24.0 Å². The maximum Gasteiger partial charge on any atom is 0.387 e. The number of furan rings is 1. The minimum atomic E-state index is -2.88. The van der Waals surface area contributed by atoms with Gasteiger partial charge in [-0.3, -0.25) is 4.79 Å². The van der Waals surface area contributed by atoms with E-state index in [1.807, 2.05) is 13.8 Å². The third-order valence-electron chi connectivity index (χ3n) is 3.94. The van der Waals surface area contributed by atoms with E-state index in [1.54, 1.807) is 24.3 Å². The first-order valence-electron chi connectivity index (χ1n) is 9.38. The molecule has 0 radical (unpaired) electrons. The van der Waals surface area contributed by atoms with Crippen molar-refractivity contribution in [3.8, 4) is 5.75 Å². The summed E-state index contributed by atoms with van der Waals surface area (Å²) in [5, 5.41) is 9.03. The number of benzene rings is 1. The Balaban J connectivity index is 0.00000450. The molecule has 30 heavy (non-hydrogen) atoms. The number of aryl methyl sites for hydroxylation is 1. The Bertz CT molecular complexity index is 815. The van der Waals surface area contributed by atoms with Crippen LogP contribution in [0, 0.1) is 6.92 Å². The summed E-state index contributed by atoms with van der Waals surface area (Å²) < 4.78 is 34.7. The van der Waals surface area contributed by atoms with Gasteiger partial charge < -0.3 is 25.1 Å². The molecule has 166 valence electrons. The molecular formula is C20H27F2IN4O3. The van der Waals surface area contributed by atoms with E-state index in [0.717, 1.165) is 5.56 Å². The molecule has 0 aliphatic heterocycles. The average Bonchev–Trinajstić information content (AvgIpc) is 3.12. The molecule has 0 aliphatic rings. The minimum Gasteiger partial charge on any atom is -0.459 e. The van der Waals surface area contributed by atoms with Crippen molar-refractivity contribution in [3.05, 3.63) is 53.5 Å². The Hall–Kier alpha value is -2.37. The van der Waals surface area contributed by atoms with Crippen LogP contribution in [0.3, 0.4) is 0 Å². The van der Waals surface area contributed by atoms with Crippen molar-refractivity contribution in [1.82, 2.24) is 16.0 Å². The monoisotopic (exact) mass is 536 g/mol. The van der Waals surface area contributed by atoms with E-state index >= 15 is 0 Å². The molecule has 7 nitrogen and oxygen atoms in total. The number of halogens is 3. The van der Waals surface area contributed by atoms with Gasteiger partial charge in [-0.05, 0) is 32.4 Å². The SMILES string of the molecule is CCNC(=NCc1ccccc1OC(F)F)NCCCNC(=O)c1occc1C.I. The molecule has 0 fully saturated rings. The molecule has 0 spiro atoms. The van der Waals surface area contributed by atoms with Crippen LogP contribution in [0.1, 0.15) is 35.0 Å². The number of carbonyl (C=O) groups is 1. The molecule has 1 heterocycles. The van der Waals surface area contributed by atoms with E-state index in [9.17, 15) is 13.6 Å². The number of guanidine groups is 1. The van der Waals surface area contributed by atoms with Gasteiger partial charge in [0.15, 0.2) is 11.7 Å². The third-order valence-corrected chi connectivity index (χ3v) is 3.94. The first-order chi connectivity index (χ1) is 14.0. The molecule has 1 aromatic carbocycles. The van der Waals surface area contributed by atoms with E-state index in [0.29, 0.717) is 43.3 Å². The van der Waals surface area contributed by atoms with E-state index in [4.69, 9.17) is 4.42 Å². The summed E-state index contributed by atoms with van der Waals surface area (Å²) in [7, 11) is 0. The molecule has 0 aliphatic carbocycles. The molecule has 0 atom stereocenters. The zero-order valence-corrected chi connectivity index (χ0v) is 19.2. The van der Waals surface area contributed by atoms with Gasteiger partial charge in [0.1, 0.15) is 5.75 Å². The first-order valence-corrected chi connectivity index (χ1v) is 9.38. The molecule has 0 saturated heterocycles. The fraction of sp³-hybridized carbons (Fsp3) is 0.400. The van der Waals surface area contributed by atoms with Crippen molar-refractivity contribution in [2.45, 2.75) is 33.4 Å². The summed E-state index contributed by atoms with van der Waals surface area (Å²) in [6.07, 6.45) is 2.15. The summed E-state index contributed by atoms with van der Waals surface area (Å²) in [5.74, 6) is 0.729. The fourth-order valence-corrected chi connectivity index (χ4v) is 2.53. The summed E-state index contributed by atoms with van der Waals surface area (Å²) >= 11 is 0. The Labute approximate surface area is 191 Å². The number of nitrogens with zero attached hydrogens (tertiary/aromatic N) is 1. The van der Waals surface area contributed by atoms with Crippen molar-refractivity contribution < 1.29 is 22.7 Å². The van der Waals surface area contributed by atoms with E-state index in [1.165, 1.54) is 12.3 Å². The molecular weight excluding hydrogens is 509 g/mol. The predicted molar refractivity (Wildman–Crippen MR) is 122 cm³/mol. The van der Waals surface area contributed by atoms with Crippen LogP contribution in [0.15, 0.2) is 46.0 Å². The number of rotatable bonds is 10. The Morgan fingerprint density at radius 1 is 1.17 bits per heavy atom. The molecule has 0 bridgehead atoms. The molecule has 1 amide bonds.